The minimum atomic E-state index is -5.62. The Bertz CT molecular complexity index is 2540. The lowest BCUT2D eigenvalue weighted by atomic mass is 9.87. The summed E-state index contributed by atoms with van der Waals surface area (Å²) in [5.41, 5.74) is 4.81. The van der Waals surface area contributed by atoms with E-state index in [0.29, 0.717) is 31.4 Å². The number of sulfonamides is 1. The lowest BCUT2D eigenvalue weighted by molar-refractivity contribution is 0.0299. The highest BCUT2D eigenvalue weighted by Gasteiger charge is 2.46. The van der Waals surface area contributed by atoms with Crippen LogP contribution < -0.4 is 14.9 Å². The van der Waals surface area contributed by atoms with Crippen molar-refractivity contribution in [1.82, 2.24) is 14.5 Å². The molecule has 2 N–H and O–H groups in total. The number of piperazine rings is 1. The molecule has 1 aliphatic carbocycles. The number of ether oxygens (including phenoxy) is 1. The third-order valence-electron chi connectivity index (χ3n) is 12.5. The van der Waals surface area contributed by atoms with Gasteiger partial charge in [-0.1, -0.05) is 47.5 Å². The van der Waals surface area contributed by atoms with E-state index in [1.54, 1.807) is 12.1 Å². The first kappa shape index (κ1) is 46.8. The van der Waals surface area contributed by atoms with Crippen molar-refractivity contribution in [3.63, 3.8) is 0 Å². The molecule has 342 valence electrons. The van der Waals surface area contributed by atoms with E-state index in [9.17, 15) is 30.4 Å². The number of nitrogens with zero attached hydrogens (tertiary/aromatic N) is 3. The molecule has 0 radical (unpaired) electrons. The van der Waals surface area contributed by atoms with Gasteiger partial charge in [0.2, 0.25) is 0 Å². The Morgan fingerprint density at radius 1 is 0.906 bits per heavy atom. The van der Waals surface area contributed by atoms with Crippen LogP contribution >= 0.6 is 35.0 Å². The van der Waals surface area contributed by atoms with Gasteiger partial charge in [0, 0.05) is 84.8 Å². The molecule has 0 spiro atoms. The number of rotatable bonds is 17. The van der Waals surface area contributed by atoms with Crippen molar-refractivity contribution in [1.29, 1.82) is 0 Å². The van der Waals surface area contributed by atoms with Gasteiger partial charge < -0.3 is 15.0 Å². The maximum atomic E-state index is 14.6. The molecule has 0 aromatic heterocycles. The fraction of sp³-hybridized carbons (Fsp3) is 0.413. The maximum Gasteiger partial charge on any atom is 0.427 e. The zero-order valence-corrected chi connectivity index (χ0v) is 39.1. The fourth-order valence-electron chi connectivity index (χ4n) is 8.98. The molecule has 8 rings (SSSR count). The predicted octanol–water partition coefficient (Wildman–Crippen LogP) is 8.61. The first-order valence-corrected chi connectivity index (χ1v) is 26.2. The van der Waals surface area contributed by atoms with Gasteiger partial charge in [-0.05, 0) is 128 Å². The number of benzene rings is 4. The van der Waals surface area contributed by atoms with E-state index >= 15 is 0 Å². The largest absolute Gasteiger partial charge is 0.427 e. The minimum Gasteiger partial charge on any atom is -0.380 e. The lowest BCUT2D eigenvalue weighted by Gasteiger charge is -2.37. The predicted molar refractivity (Wildman–Crippen MR) is 250 cm³/mol. The summed E-state index contributed by atoms with van der Waals surface area (Å²) in [7, 11) is -10.4. The second-order valence-electron chi connectivity index (χ2n) is 16.7. The normalized spacial score (nSPS) is 20.4. The zero-order chi connectivity index (χ0) is 45.1. The van der Waals surface area contributed by atoms with Crippen molar-refractivity contribution < 1.29 is 35.1 Å². The van der Waals surface area contributed by atoms with Crippen molar-refractivity contribution in [2.75, 3.05) is 68.4 Å². The van der Waals surface area contributed by atoms with Crippen molar-refractivity contribution in [3.05, 3.63) is 119 Å². The Kier molecular flexibility index (Phi) is 14.6. The number of carbonyl (C=O) groups excluding carboxylic acids is 1. The van der Waals surface area contributed by atoms with Gasteiger partial charge in [0.1, 0.15) is 0 Å². The summed E-state index contributed by atoms with van der Waals surface area (Å²) in [6, 6.07) is 26.8. The molecule has 3 atom stereocenters. The molecule has 11 nitrogen and oxygen atoms in total. The number of alkyl halides is 3. The average molecular weight is 975 g/mol. The lowest BCUT2D eigenvalue weighted by Crippen LogP contribution is -2.47. The van der Waals surface area contributed by atoms with Crippen molar-refractivity contribution in [2.24, 2.45) is 0 Å². The van der Waals surface area contributed by atoms with E-state index in [1.165, 1.54) is 53.4 Å². The van der Waals surface area contributed by atoms with Crippen LogP contribution in [0.1, 0.15) is 54.4 Å². The Morgan fingerprint density at radius 3 is 2.30 bits per heavy atom. The van der Waals surface area contributed by atoms with Crippen LogP contribution in [0.2, 0.25) is 5.02 Å². The van der Waals surface area contributed by atoms with E-state index < -0.39 is 46.3 Å². The van der Waals surface area contributed by atoms with E-state index in [0.717, 1.165) is 86.3 Å². The van der Waals surface area contributed by atoms with E-state index in [4.69, 9.17) is 27.9 Å². The van der Waals surface area contributed by atoms with Gasteiger partial charge in [-0.25, -0.2) is 21.6 Å². The number of hydrogen-bond acceptors (Lipinski definition) is 11. The topological polar surface area (TPSA) is 128 Å². The molecular weight excluding hydrogens is 924 g/mol. The average Bonchev–Trinajstić information content (AvgIpc) is 3.92. The standard InChI is InChI=1S/C46H51Cl2F2N5O6S3/c47-35-14-10-32(11-15-35)42-9-5-4-6-34(42)28-53-22-24-54(25-23-53)37-16-12-33(13-17-37)45(56)52-64(59,60)41-18-19-43(44(27-41)63(57,58)46(48,49)50)51-36(31-62-40-7-2-1-3-8-40)20-21-55-29-39-26-38(55)30-61-39/h1-3,7-8,10-19,27,36,38-39,51H,4-6,9,20-26,28-31H2,(H,52,56)/t36-,38+,39+/m1/s1. The maximum absolute atomic E-state index is 14.6. The number of likely N-dealkylation sites (tertiary alicyclic amines) is 1. The highest BCUT2D eigenvalue weighted by Crippen LogP contribution is 2.39. The number of fused-ring (bicyclic) bond motifs is 2. The van der Waals surface area contributed by atoms with Crippen LogP contribution in [-0.2, 0) is 24.6 Å². The summed E-state index contributed by atoms with van der Waals surface area (Å²) >= 11 is 12.8. The van der Waals surface area contributed by atoms with Gasteiger partial charge in [-0.15, -0.1) is 11.8 Å². The van der Waals surface area contributed by atoms with Crippen LogP contribution in [0.5, 0.6) is 0 Å². The first-order chi connectivity index (χ1) is 30.6. The summed E-state index contributed by atoms with van der Waals surface area (Å²) in [5.74, 6) is -0.531. The number of nitrogens with one attached hydrogen (secondary N) is 2. The summed E-state index contributed by atoms with van der Waals surface area (Å²) in [6.07, 6.45) is 6.13. The van der Waals surface area contributed by atoms with Crippen molar-refractivity contribution in [3.8, 4) is 0 Å². The molecule has 4 aromatic rings. The number of morpholine rings is 1. The quantitative estimate of drug-likeness (QED) is 0.0780. The Balaban J connectivity index is 0.930. The molecule has 4 aromatic carbocycles. The number of sulfone groups is 1. The Hall–Kier alpha value is -3.74. The molecule has 3 aliphatic heterocycles. The SMILES string of the molecule is O=C(NS(=O)(=O)c1ccc(N[C@H](CCN2C[C@@H]3C[C@H]2CO3)CSc2ccccc2)c(S(=O)(=O)C(F)(F)Cl)c1)c1ccc(N2CCN(CC3=C(c4ccc(Cl)cc4)CCCC3)CC2)cc1. The Labute approximate surface area is 388 Å². The van der Waals surface area contributed by atoms with Crippen LogP contribution in [0, 0.1) is 0 Å². The second kappa shape index (κ2) is 20.0. The highest BCUT2D eigenvalue weighted by atomic mass is 35.5. The van der Waals surface area contributed by atoms with Gasteiger partial charge >= 0.3 is 4.71 Å². The van der Waals surface area contributed by atoms with Crippen LogP contribution in [0.25, 0.3) is 5.57 Å². The number of anilines is 2. The number of halogens is 4. The Morgan fingerprint density at radius 2 is 1.62 bits per heavy atom. The number of allylic oxidation sites excluding steroid dienone is 1. The van der Waals surface area contributed by atoms with Crippen LogP contribution in [0.4, 0.5) is 20.2 Å². The third-order valence-corrected chi connectivity index (χ3v) is 17.4. The summed E-state index contributed by atoms with van der Waals surface area (Å²) in [5, 5.41) is 3.85. The summed E-state index contributed by atoms with van der Waals surface area (Å²) < 4.78 is 86.1. The fourth-order valence-corrected chi connectivity index (χ4v) is 12.4. The molecule has 18 heteroatoms. The van der Waals surface area contributed by atoms with Crippen LogP contribution in [-0.4, -0.2) is 114 Å². The molecule has 3 saturated heterocycles. The van der Waals surface area contributed by atoms with Gasteiger partial charge in [-0.2, -0.15) is 8.78 Å². The van der Waals surface area contributed by atoms with E-state index in [2.05, 4.69) is 32.1 Å². The number of thioether (sulfide) groups is 1. The number of amides is 1. The van der Waals surface area contributed by atoms with Crippen LogP contribution in [0.3, 0.4) is 0 Å². The molecule has 0 saturated carbocycles. The highest BCUT2D eigenvalue weighted by molar-refractivity contribution is 7.99. The number of carbonyl (C=O) groups is 1. The zero-order valence-electron chi connectivity index (χ0n) is 35.1. The van der Waals surface area contributed by atoms with Crippen molar-refractivity contribution >= 4 is 77.7 Å². The van der Waals surface area contributed by atoms with E-state index in [1.807, 2.05) is 47.2 Å². The second-order valence-corrected chi connectivity index (χ2v) is 22.6. The van der Waals surface area contributed by atoms with Gasteiger partial charge in [0.05, 0.1) is 28.2 Å². The molecule has 3 heterocycles. The first-order valence-electron chi connectivity index (χ1n) is 21.5. The summed E-state index contributed by atoms with van der Waals surface area (Å²) in [6.45, 7) is 6.19. The van der Waals surface area contributed by atoms with Gasteiger partial charge in [0.25, 0.3) is 25.8 Å². The molecule has 3 fully saturated rings. The molecule has 0 unspecified atom stereocenters. The third kappa shape index (κ3) is 11.1. The smallest absolute Gasteiger partial charge is 0.380 e. The van der Waals surface area contributed by atoms with Crippen LogP contribution in [0.15, 0.2) is 117 Å². The molecule has 1 amide bonds. The van der Waals surface area contributed by atoms with Gasteiger partial charge in [0.15, 0.2) is 0 Å². The van der Waals surface area contributed by atoms with Crippen molar-refractivity contribution in [2.45, 2.75) is 76.1 Å². The summed E-state index contributed by atoms with van der Waals surface area (Å²) in [4.78, 5) is 19.6. The monoisotopic (exact) mass is 973 g/mol. The molecule has 2 bridgehead atoms. The van der Waals surface area contributed by atoms with E-state index in [-0.39, 0.29) is 23.4 Å². The number of hydrogen-bond donors (Lipinski definition) is 2. The molecule has 4 aliphatic rings. The molecular formula is C46H51Cl2F2N5O6S3. The molecule has 64 heavy (non-hydrogen) atoms. The minimum absolute atomic E-state index is 0.0416. The van der Waals surface area contributed by atoms with Gasteiger partial charge in [-0.3, -0.25) is 14.6 Å².